The molecule has 5 nitrogen and oxygen atoms in total. The predicted octanol–water partition coefficient (Wildman–Crippen LogP) is 2.73. The summed E-state index contributed by atoms with van der Waals surface area (Å²) >= 11 is 0. The molecular weight excluding hydrogens is 342 g/mol. The highest BCUT2D eigenvalue weighted by atomic mass is 19.3. The number of rotatable bonds is 8. The Morgan fingerprint density at radius 1 is 1.00 bits per heavy atom. The summed E-state index contributed by atoms with van der Waals surface area (Å²) in [6.45, 7) is -2.63. The molecule has 2 aromatic rings. The van der Waals surface area contributed by atoms with Gasteiger partial charge < -0.3 is 15.4 Å². The van der Waals surface area contributed by atoms with E-state index in [1.165, 1.54) is 36.4 Å². The Morgan fingerprint density at radius 3 is 2.35 bits per heavy atom. The quantitative estimate of drug-likeness (QED) is 0.712. The van der Waals surface area contributed by atoms with Crippen LogP contribution in [0.25, 0.3) is 6.08 Å². The van der Waals surface area contributed by atoms with E-state index < -0.39 is 12.5 Å². The van der Waals surface area contributed by atoms with Crippen molar-refractivity contribution >= 4 is 17.9 Å². The third-order valence-electron chi connectivity index (χ3n) is 3.29. The van der Waals surface area contributed by atoms with Crippen LogP contribution in [0.5, 0.6) is 5.75 Å². The van der Waals surface area contributed by atoms with E-state index in [1.54, 1.807) is 0 Å². The monoisotopic (exact) mass is 360 g/mol. The van der Waals surface area contributed by atoms with Crippen molar-refractivity contribution in [1.82, 2.24) is 10.6 Å². The average Bonchev–Trinajstić information content (AvgIpc) is 2.64. The average molecular weight is 360 g/mol. The second-order valence-electron chi connectivity index (χ2n) is 5.26. The number of halogens is 2. The largest absolute Gasteiger partial charge is 0.435 e. The summed E-state index contributed by atoms with van der Waals surface area (Å²) in [5.74, 6) is -0.700. The molecule has 0 aromatic heterocycles. The minimum atomic E-state index is -2.88. The highest BCUT2D eigenvalue weighted by Crippen LogP contribution is 2.15. The van der Waals surface area contributed by atoms with Crippen molar-refractivity contribution in [2.24, 2.45) is 0 Å². The van der Waals surface area contributed by atoms with Gasteiger partial charge in [-0.05, 0) is 29.3 Å². The van der Waals surface area contributed by atoms with Crippen LogP contribution in [0, 0.1) is 0 Å². The van der Waals surface area contributed by atoms with Crippen molar-refractivity contribution < 1.29 is 23.1 Å². The molecule has 2 amide bonds. The van der Waals surface area contributed by atoms with E-state index in [0.29, 0.717) is 12.1 Å². The fourth-order valence-corrected chi connectivity index (χ4v) is 2.02. The Hall–Kier alpha value is -3.22. The number of nitrogens with one attached hydrogen (secondary N) is 2. The Morgan fingerprint density at radius 2 is 1.69 bits per heavy atom. The van der Waals surface area contributed by atoms with Crippen molar-refractivity contribution in [3.63, 3.8) is 0 Å². The summed E-state index contributed by atoms with van der Waals surface area (Å²) < 4.78 is 28.3. The highest BCUT2D eigenvalue weighted by molar-refractivity contribution is 5.94. The molecule has 0 saturated heterocycles. The third kappa shape index (κ3) is 7.12. The van der Waals surface area contributed by atoms with E-state index in [-0.39, 0.29) is 18.2 Å². The van der Waals surface area contributed by atoms with Gasteiger partial charge in [-0.15, -0.1) is 0 Å². The Labute approximate surface area is 149 Å². The number of ether oxygens (including phenoxy) is 1. The number of alkyl halides is 2. The van der Waals surface area contributed by atoms with Crippen molar-refractivity contribution in [1.29, 1.82) is 0 Å². The van der Waals surface area contributed by atoms with Gasteiger partial charge in [0.25, 0.3) is 0 Å². The Kier molecular flexibility index (Phi) is 7.30. The summed E-state index contributed by atoms with van der Waals surface area (Å²) in [7, 11) is 0. The maximum atomic E-state index is 12.1. The summed E-state index contributed by atoms with van der Waals surface area (Å²) in [5, 5.41) is 5.16. The number of hydrogen-bond acceptors (Lipinski definition) is 3. The zero-order chi connectivity index (χ0) is 18.8. The van der Waals surface area contributed by atoms with E-state index >= 15 is 0 Å². The second kappa shape index (κ2) is 9.93. The molecule has 0 unspecified atom stereocenters. The van der Waals surface area contributed by atoms with Gasteiger partial charge in [-0.1, -0.05) is 42.5 Å². The molecular formula is C19H18F2N2O3. The van der Waals surface area contributed by atoms with Crippen LogP contribution >= 0.6 is 0 Å². The van der Waals surface area contributed by atoms with Gasteiger partial charge in [0, 0.05) is 12.6 Å². The molecule has 0 heterocycles. The first-order valence-electron chi connectivity index (χ1n) is 7.84. The van der Waals surface area contributed by atoms with Gasteiger partial charge in [0.2, 0.25) is 11.8 Å². The molecule has 0 aliphatic heterocycles. The number of benzene rings is 2. The van der Waals surface area contributed by atoms with Crippen LogP contribution in [0.2, 0.25) is 0 Å². The lowest BCUT2D eigenvalue weighted by Gasteiger charge is -2.06. The first kappa shape index (κ1) is 19.1. The maximum Gasteiger partial charge on any atom is 0.387 e. The van der Waals surface area contributed by atoms with Gasteiger partial charge in [-0.3, -0.25) is 9.59 Å². The highest BCUT2D eigenvalue weighted by Gasteiger charge is 2.04. The standard InChI is InChI=1S/C19H18F2N2O3/c20-19(21)26-16-9-6-14(7-10-16)8-11-17(24)23-13-18(25)22-12-15-4-2-1-3-5-15/h1-11,19H,12-13H2,(H,22,25)(H,23,24)/b11-8+. The lowest BCUT2D eigenvalue weighted by molar-refractivity contribution is -0.124. The topological polar surface area (TPSA) is 67.4 Å². The van der Waals surface area contributed by atoms with Gasteiger partial charge >= 0.3 is 6.61 Å². The molecule has 0 atom stereocenters. The van der Waals surface area contributed by atoms with Crippen LogP contribution < -0.4 is 15.4 Å². The first-order chi connectivity index (χ1) is 12.5. The molecule has 7 heteroatoms. The molecule has 0 aliphatic rings. The predicted molar refractivity (Wildman–Crippen MR) is 93.4 cm³/mol. The molecule has 26 heavy (non-hydrogen) atoms. The molecule has 0 spiro atoms. The molecule has 0 bridgehead atoms. The van der Waals surface area contributed by atoms with Crippen LogP contribution in [0.1, 0.15) is 11.1 Å². The summed E-state index contributed by atoms with van der Waals surface area (Å²) in [5.41, 5.74) is 1.60. The first-order valence-corrected chi connectivity index (χ1v) is 7.84. The zero-order valence-electron chi connectivity index (χ0n) is 13.8. The summed E-state index contributed by atoms with van der Waals surface area (Å²) in [6, 6.07) is 15.2. The minimum Gasteiger partial charge on any atom is -0.435 e. The molecule has 2 N–H and O–H groups in total. The molecule has 0 aliphatic carbocycles. The fourth-order valence-electron chi connectivity index (χ4n) is 2.02. The number of hydrogen-bond donors (Lipinski definition) is 2. The Bertz CT molecular complexity index is 747. The number of amides is 2. The Balaban J connectivity index is 1.72. The lowest BCUT2D eigenvalue weighted by Crippen LogP contribution is -2.35. The van der Waals surface area contributed by atoms with Crippen molar-refractivity contribution in [2.45, 2.75) is 13.2 Å². The van der Waals surface area contributed by atoms with Crippen molar-refractivity contribution in [2.75, 3.05) is 6.54 Å². The molecule has 0 radical (unpaired) electrons. The van der Waals surface area contributed by atoms with Gasteiger partial charge in [-0.2, -0.15) is 8.78 Å². The van der Waals surface area contributed by atoms with E-state index in [4.69, 9.17) is 0 Å². The molecule has 136 valence electrons. The van der Waals surface area contributed by atoms with Gasteiger partial charge in [-0.25, -0.2) is 0 Å². The SMILES string of the molecule is O=C(/C=C/c1ccc(OC(F)F)cc1)NCC(=O)NCc1ccccc1. The molecule has 2 rings (SSSR count). The summed E-state index contributed by atoms with van der Waals surface area (Å²) in [6.07, 6.45) is 2.76. The molecule has 2 aromatic carbocycles. The van der Waals surface area contributed by atoms with Crippen molar-refractivity contribution in [3.05, 3.63) is 71.8 Å². The molecule has 0 saturated carbocycles. The van der Waals surface area contributed by atoms with Crippen LogP contribution in [0.15, 0.2) is 60.7 Å². The smallest absolute Gasteiger partial charge is 0.387 e. The lowest BCUT2D eigenvalue weighted by atomic mass is 10.2. The minimum absolute atomic E-state index is 0.0386. The van der Waals surface area contributed by atoms with E-state index in [1.807, 2.05) is 30.3 Å². The van der Waals surface area contributed by atoms with Crippen molar-refractivity contribution in [3.8, 4) is 5.75 Å². The van der Waals surface area contributed by atoms with Gasteiger partial charge in [0.15, 0.2) is 0 Å². The third-order valence-corrected chi connectivity index (χ3v) is 3.29. The van der Waals surface area contributed by atoms with Gasteiger partial charge in [0.1, 0.15) is 5.75 Å². The van der Waals surface area contributed by atoms with Crippen LogP contribution in [-0.4, -0.2) is 25.0 Å². The summed E-state index contributed by atoms with van der Waals surface area (Å²) in [4.78, 5) is 23.4. The maximum absolute atomic E-state index is 12.1. The number of carbonyl (C=O) groups excluding carboxylic acids is 2. The fraction of sp³-hybridized carbons (Fsp3) is 0.158. The van der Waals surface area contributed by atoms with E-state index in [0.717, 1.165) is 5.56 Å². The number of carbonyl (C=O) groups is 2. The second-order valence-corrected chi connectivity index (χ2v) is 5.26. The van der Waals surface area contributed by atoms with Gasteiger partial charge in [0.05, 0.1) is 6.54 Å². The van der Waals surface area contributed by atoms with Crippen LogP contribution in [0.3, 0.4) is 0 Å². The zero-order valence-corrected chi connectivity index (χ0v) is 13.8. The normalized spacial score (nSPS) is 10.7. The van der Waals surface area contributed by atoms with Crippen LogP contribution in [0.4, 0.5) is 8.78 Å². The molecule has 0 fully saturated rings. The van der Waals surface area contributed by atoms with E-state index in [9.17, 15) is 18.4 Å². The van der Waals surface area contributed by atoms with E-state index in [2.05, 4.69) is 15.4 Å². The van der Waals surface area contributed by atoms with Crippen LogP contribution in [-0.2, 0) is 16.1 Å².